The summed E-state index contributed by atoms with van der Waals surface area (Å²) in [5, 5.41) is 1.83. The molecule has 0 unspecified atom stereocenters. The fourth-order valence-electron chi connectivity index (χ4n) is 1.53. The molecule has 0 spiro atoms. The van der Waals surface area contributed by atoms with Crippen LogP contribution in [0.25, 0.3) is 0 Å². The first-order valence-electron chi connectivity index (χ1n) is 6.95. The number of nitrogens with zero attached hydrogens (tertiary/aromatic N) is 1. The molecule has 0 aliphatic rings. The average molecular weight is 353 g/mol. The Labute approximate surface area is 143 Å². The summed E-state index contributed by atoms with van der Waals surface area (Å²) in [6.07, 6.45) is -1.19. The van der Waals surface area contributed by atoms with Crippen LogP contribution in [-0.2, 0) is 14.3 Å². The molecule has 0 saturated heterocycles. The van der Waals surface area contributed by atoms with Crippen LogP contribution in [0.15, 0.2) is 29.2 Å². The van der Waals surface area contributed by atoms with Crippen LogP contribution in [0, 0.1) is 0 Å². The van der Waals surface area contributed by atoms with Gasteiger partial charge in [0.1, 0.15) is 0 Å². The monoisotopic (exact) mass is 353 g/mol. The third-order valence-electron chi connectivity index (χ3n) is 2.86. The maximum absolute atomic E-state index is 12.2. The van der Waals surface area contributed by atoms with E-state index in [1.54, 1.807) is 32.3 Å². The Morgan fingerprint density at radius 2 is 1.88 bits per heavy atom. The first kappa shape index (κ1) is 19.5. The van der Waals surface area contributed by atoms with Gasteiger partial charge in [-0.15, -0.1) is 11.8 Å². The molecule has 0 bridgehead atoms. The van der Waals surface area contributed by atoms with Crippen LogP contribution in [0.2, 0.25) is 0 Å². The first-order chi connectivity index (χ1) is 11.2. The predicted molar refractivity (Wildman–Crippen MR) is 88.5 cm³/mol. The van der Waals surface area contributed by atoms with Crippen LogP contribution < -0.4 is 11.1 Å². The van der Waals surface area contributed by atoms with Gasteiger partial charge in [0.2, 0.25) is 5.91 Å². The molecule has 24 heavy (non-hydrogen) atoms. The normalized spacial score (nSPS) is 11.3. The van der Waals surface area contributed by atoms with Gasteiger partial charge in [-0.3, -0.25) is 14.9 Å². The highest BCUT2D eigenvalue weighted by atomic mass is 32.2. The Kier molecular flexibility index (Phi) is 7.25. The number of primary amides is 1. The van der Waals surface area contributed by atoms with Gasteiger partial charge in [-0.05, 0) is 19.1 Å². The summed E-state index contributed by atoms with van der Waals surface area (Å²) < 4.78 is 5.03. The Bertz CT molecular complexity index is 648. The molecule has 0 aromatic heterocycles. The molecular formula is C15H19N3O5S. The summed E-state index contributed by atoms with van der Waals surface area (Å²) in [6.45, 7) is 1.32. The van der Waals surface area contributed by atoms with Crippen LogP contribution in [0.1, 0.15) is 17.3 Å². The van der Waals surface area contributed by atoms with Crippen LogP contribution >= 0.6 is 11.8 Å². The molecule has 3 N–H and O–H groups in total. The van der Waals surface area contributed by atoms with Crippen LogP contribution in [-0.4, -0.2) is 54.7 Å². The van der Waals surface area contributed by atoms with Crippen molar-refractivity contribution in [2.24, 2.45) is 5.73 Å². The lowest BCUT2D eigenvalue weighted by Crippen LogP contribution is -2.42. The highest BCUT2D eigenvalue weighted by Crippen LogP contribution is 2.24. The van der Waals surface area contributed by atoms with Crippen molar-refractivity contribution in [3.63, 3.8) is 0 Å². The second-order valence-electron chi connectivity index (χ2n) is 4.97. The number of benzene rings is 1. The smallest absolute Gasteiger partial charge is 0.340 e. The molecule has 1 rings (SSSR count). The number of nitrogens with two attached hydrogens (primary N) is 1. The van der Waals surface area contributed by atoms with E-state index in [9.17, 15) is 19.2 Å². The molecule has 1 atom stereocenters. The number of hydrogen-bond acceptors (Lipinski definition) is 6. The largest absolute Gasteiger partial charge is 0.449 e. The number of rotatable bonds is 6. The summed E-state index contributed by atoms with van der Waals surface area (Å²) in [5.41, 5.74) is 5.07. The minimum atomic E-state index is -1.19. The molecule has 0 radical (unpaired) electrons. The van der Waals surface area contributed by atoms with E-state index in [2.05, 4.69) is 0 Å². The number of carbonyl (C=O) groups is 4. The zero-order chi connectivity index (χ0) is 18.3. The Morgan fingerprint density at radius 1 is 1.25 bits per heavy atom. The molecule has 4 amide bonds. The quantitative estimate of drug-likeness (QED) is 0.571. The number of carbonyl (C=O) groups excluding carboxylic acids is 4. The van der Waals surface area contributed by atoms with E-state index in [1.165, 1.54) is 29.7 Å². The zero-order valence-corrected chi connectivity index (χ0v) is 14.4. The van der Waals surface area contributed by atoms with E-state index in [1.807, 2.05) is 5.32 Å². The fraction of sp³-hybridized carbons (Fsp3) is 0.333. The topological polar surface area (TPSA) is 119 Å². The van der Waals surface area contributed by atoms with Crippen molar-refractivity contribution in [1.82, 2.24) is 10.2 Å². The molecule has 0 aliphatic heterocycles. The van der Waals surface area contributed by atoms with Gasteiger partial charge in [-0.25, -0.2) is 9.59 Å². The Hall–Kier alpha value is -2.55. The number of urea groups is 1. The lowest BCUT2D eigenvalue weighted by atomic mass is 10.2. The van der Waals surface area contributed by atoms with Gasteiger partial charge >= 0.3 is 12.0 Å². The van der Waals surface area contributed by atoms with E-state index in [4.69, 9.17) is 10.5 Å². The van der Waals surface area contributed by atoms with Gasteiger partial charge in [0.05, 0.1) is 11.3 Å². The number of imide groups is 1. The second kappa shape index (κ2) is 8.92. The maximum atomic E-state index is 12.2. The van der Waals surface area contributed by atoms with Crippen molar-refractivity contribution in [3.8, 4) is 0 Å². The Balaban J connectivity index is 2.78. The number of ether oxygens (including phenoxy) is 1. The van der Waals surface area contributed by atoms with Crippen molar-refractivity contribution in [2.75, 3.05) is 19.8 Å². The fourth-order valence-corrected chi connectivity index (χ4v) is 2.55. The van der Waals surface area contributed by atoms with Gasteiger partial charge in [0.15, 0.2) is 6.10 Å². The molecule has 130 valence electrons. The molecule has 8 nitrogen and oxygen atoms in total. The van der Waals surface area contributed by atoms with Gasteiger partial charge in [0, 0.05) is 19.0 Å². The number of amides is 4. The molecule has 1 aromatic rings. The van der Waals surface area contributed by atoms with Crippen LogP contribution in [0.3, 0.4) is 0 Å². The van der Waals surface area contributed by atoms with Gasteiger partial charge in [-0.1, -0.05) is 12.1 Å². The molecule has 1 aromatic carbocycles. The van der Waals surface area contributed by atoms with Crippen molar-refractivity contribution in [1.29, 1.82) is 0 Å². The third kappa shape index (κ3) is 5.92. The van der Waals surface area contributed by atoms with Crippen molar-refractivity contribution in [3.05, 3.63) is 29.8 Å². The van der Waals surface area contributed by atoms with Gasteiger partial charge in [0.25, 0.3) is 5.91 Å². The molecule has 0 fully saturated rings. The third-order valence-corrected chi connectivity index (χ3v) is 3.91. The van der Waals surface area contributed by atoms with E-state index in [0.29, 0.717) is 4.90 Å². The highest BCUT2D eigenvalue weighted by Gasteiger charge is 2.22. The lowest BCUT2D eigenvalue weighted by molar-refractivity contribution is -0.128. The summed E-state index contributed by atoms with van der Waals surface area (Å²) in [4.78, 5) is 48.1. The van der Waals surface area contributed by atoms with E-state index in [0.717, 1.165) is 0 Å². The van der Waals surface area contributed by atoms with Crippen LogP contribution in [0.5, 0.6) is 0 Å². The summed E-state index contributed by atoms with van der Waals surface area (Å²) in [5.74, 6) is -1.49. The summed E-state index contributed by atoms with van der Waals surface area (Å²) in [6, 6.07) is 5.55. The predicted octanol–water partition coefficient (Wildman–Crippen LogP) is 0.607. The van der Waals surface area contributed by atoms with Crippen molar-refractivity contribution < 1.29 is 23.9 Å². The highest BCUT2D eigenvalue weighted by molar-refractivity contribution is 8.00. The zero-order valence-electron chi connectivity index (χ0n) is 13.6. The number of hydrogen-bond donors (Lipinski definition) is 2. The molecular weight excluding hydrogens is 334 g/mol. The van der Waals surface area contributed by atoms with E-state index in [-0.39, 0.29) is 17.2 Å². The summed E-state index contributed by atoms with van der Waals surface area (Å²) in [7, 11) is 3.28. The molecule has 0 saturated carbocycles. The number of thioether (sulfide) groups is 1. The minimum absolute atomic E-state index is 0.0997. The lowest BCUT2D eigenvalue weighted by Gasteiger charge is -2.14. The molecule has 0 aliphatic carbocycles. The van der Waals surface area contributed by atoms with Crippen molar-refractivity contribution in [2.45, 2.75) is 17.9 Å². The first-order valence-corrected chi connectivity index (χ1v) is 7.94. The Morgan fingerprint density at radius 3 is 2.46 bits per heavy atom. The average Bonchev–Trinajstić information content (AvgIpc) is 2.51. The van der Waals surface area contributed by atoms with Gasteiger partial charge < -0.3 is 15.4 Å². The van der Waals surface area contributed by atoms with Crippen LogP contribution in [0.4, 0.5) is 4.79 Å². The minimum Gasteiger partial charge on any atom is -0.449 e. The SMILES string of the molecule is C[C@H](OC(=O)c1ccccc1SCC(=O)N(C)C)C(=O)NC(N)=O. The molecule has 0 heterocycles. The van der Waals surface area contributed by atoms with E-state index >= 15 is 0 Å². The van der Waals surface area contributed by atoms with Gasteiger partial charge in [-0.2, -0.15) is 0 Å². The number of esters is 1. The number of nitrogens with one attached hydrogen (secondary N) is 1. The maximum Gasteiger partial charge on any atom is 0.340 e. The standard InChI is InChI=1S/C15H19N3O5S/c1-9(13(20)17-15(16)22)23-14(21)10-6-4-5-7-11(10)24-8-12(19)18(2)3/h4-7,9H,8H2,1-3H3,(H3,16,17,20,22)/t9-/m0/s1. The van der Waals surface area contributed by atoms with Crippen molar-refractivity contribution >= 4 is 35.6 Å². The second-order valence-corrected chi connectivity index (χ2v) is 5.99. The summed E-state index contributed by atoms with van der Waals surface area (Å²) >= 11 is 1.19. The molecule has 9 heteroatoms. The van der Waals surface area contributed by atoms with E-state index < -0.39 is 24.0 Å².